The van der Waals surface area contributed by atoms with Crippen molar-refractivity contribution in [2.24, 2.45) is 5.92 Å². The number of rotatable bonds is 7. The number of halogens is 2. The van der Waals surface area contributed by atoms with Crippen LogP contribution < -0.4 is 10.6 Å². The normalized spacial score (nSPS) is 21.9. The summed E-state index contributed by atoms with van der Waals surface area (Å²) in [4.78, 5) is 16.2. The first kappa shape index (κ1) is 22.6. The van der Waals surface area contributed by atoms with E-state index in [-0.39, 0.29) is 11.9 Å². The number of aromatic amines is 1. The average molecular weight is 452 g/mol. The predicted octanol–water partition coefficient (Wildman–Crippen LogP) is 5.23. The number of H-pyrrole nitrogens is 1. The minimum atomic E-state index is -2.90. The van der Waals surface area contributed by atoms with Gasteiger partial charge in [-0.3, -0.25) is 9.89 Å². The number of anilines is 1. The van der Waals surface area contributed by atoms with Crippen LogP contribution in [-0.2, 0) is 4.79 Å². The molecule has 2 aliphatic rings. The molecular formula is C25H27F2N5O. The van der Waals surface area contributed by atoms with E-state index in [0.717, 1.165) is 40.0 Å². The quantitative estimate of drug-likeness (QED) is 0.504. The highest BCUT2D eigenvalue weighted by atomic mass is 19.3. The van der Waals surface area contributed by atoms with E-state index in [1.807, 2.05) is 25.3 Å². The van der Waals surface area contributed by atoms with Crippen LogP contribution in [-0.4, -0.2) is 27.0 Å². The fraction of sp³-hybridized carbons (Fsp3) is 0.320. The van der Waals surface area contributed by atoms with Crippen LogP contribution in [0.5, 0.6) is 0 Å². The van der Waals surface area contributed by atoms with E-state index in [2.05, 4.69) is 57.9 Å². The van der Waals surface area contributed by atoms with E-state index < -0.39 is 24.2 Å². The second-order valence-electron chi connectivity index (χ2n) is 8.41. The summed E-state index contributed by atoms with van der Waals surface area (Å²) in [6.07, 6.45) is 14.2. The van der Waals surface area contributed by atoms with Crippen molar-refractivity contribution in [2.45, 2.75) is 45.6 Å². The molecule has 2 atom stereocenters. The molecule has 6 nitrogen and oxygen atoms in total. The van der Waals surface area contributed by atoms with Crippen LogP contribution in [0.4, 0.5) is 14.6 Å². The molecule has 1 aliphatic carbocycles. The largest absolute Gasteiger partial charge is 0.379 e. The molecule has 33 heavy (non-hydrogen) atoms. The zero-order chi connectivity index (χ0) is 23.6. The van der Waals surface area contributed by atoms with Crippen molar-refractivity contribution in [3.8, 4) is 0 Å². The van der Waals surface area contributed by atoms with Gasteiger partial charge in [0.05, 0.1) is 11.7 Å². The minimum absolute atomic E-state index is 0.0257. The highest BCUT2D eigenvalue weighted by Crippen LogP contribution is 2.49. The number of pyridine rings is 1. The summed E-state index contributed by atoms with van der Waals surface area (Å²) >= 11 is 0. The van der Waals surface area contributed by atoms with Gasteiger partial charge >= 0.3 is 0 Å². The van der Waals surface area contributed by atoms with Gasteiger partial charge in [0.15, 0.2) is 0 Å². The first-order chi connectivity index (χ1) is 15.8. The molecule has 0 aromatic carbocycles. The number of amides is 1. The van der Waals surface area contributed by atoms with Gasteiger partial charge in [0.2, 0.25) is 5.91 Å². The van der Waals surface area contributed by atoms with E-state index in [1.54, 1.807) is 18.5 Å². The number of nitrogens with one attached hydrogen (secondary N) is 3. The van der Waals surface area contributed by atoms with Crippen LogP contribution in [0.2, 0.25) is 0 Å². The molecule has 2 aromatic heterocycles. The average Bonchev–Trinajstić information content (AvgIpc) is 3.15. The summed E-state index contributed by atoms with van der Waals surface area (Å²) in [5.41, 5.74) is 5.95. The minimum Gasteiger partial charge on any atom is -0.379 e. The number of alkyl halides is 2. The molecule has 2 aromatic rings. The number of hydrogen-bond acceptors (Lipinski definition) is 4. The Kier molecular flexibility index (Phi) is 6.26. The summed E-state index contributed by atoms with van der Waals surface area (Å²) < 4.78 is 26.3. The van der Waals surface area contributed by atoms with Crippen LogP contribution in [0.3, 0.4) is 0 Å². The maximum absolute atomic E-state index is 13.1. The highest BCUT2D eigenvalue weighted by molar-refractivity contribution is 5.94. The second kappa shape index (κ2) is 9.13. The van der Waals surface area contributed by atoms with E-state index in [0.29, 0.717) is 0 Å². The van der Waals surface area contributed by atoms with Crippen LogP contribution in [0.15, 0.2) is 65.7 Å². The predicted molar refractivity (Wildman–Crippen MR) is 124 cm³/mol. The summed E-state index contributed by atoms with van der Waals surface area (Å²) in [5.74, 6) is -4.56. The maximum atomic E-state index is 13.1. The summed E-state index contributed by atoms with van der Waals surface area (Å²) in [6, 6.07) is 3.67. The molecule has 0 radical (unpaired) electrons. The van der Waals surface area contributed by atoms with E-state index in [9.17, 15) is 13.6 Å². The third-order valence-corrected chi connectivity index (χ3v) is 5.81. The summed E-state index contributed by atoms with van der Waals surface area (Å²) in [7, 11) is 0. The van der Waals surface area contributed by atoms with Crippen molar-refractivity contribution >= 4 is 17.8 Å². The molecule has 4 rings (SSSR count). The number of allylic oxidation sites excluding steroid dienone is 5. The molecule has 1 aliphatic heterocycles. The van der Waals surface area contributed by atoms with Gasteiger partial charge in [-0.25, -0.2) is 13.8 Å². The fourth-order valence-corrected chi connectivity index (χ4v) is 3.73. The Bertz CT molecular complexity index is 1160. The lowest BCUT2D eigenvalue weighted by Gasteiger charge is -2.22. The third kappa shape index (κ3) is 5.10. The lowest BCUT2D eigenvalue weighted by molar-refractivity contribution is -0.119. The number of nitrogens with zero attached hydrogens (tertiary/aromatic N) is 2. The topological polar surface area (TPSA) is 82.7 Å². The van der Waals surface area contributed by atoms with Crippen molar-refractivity contribution in [3.05, 3.63) is 82.5 Å². The number of carbonyl (C=O) groups excluding carboxylic acids is 1. The second-order valence-corrected chi connectivity index (χ2v) is 8.41. The van der Waals surface area contributed by atoms with Gasteiger partial charge in [0.1, 0.15) is 11.7 Å². The first-order valence-corrected chi connectivity index (χ1v) is 11.0. The molecular weight excluding hydrogens is 424 g/mol. The Balaban J connectivity index is 1.56. The smallest absolute Gasteiger partial charge is 0.260 e. The van der Waals surface area contributed by atoms with Crippen molar-refractivity contribution in [1.82, 2.24) is 20.5 Å². The van der Waals surface area contributed by atoms with Crippen LogP contribution >= 0.6 is 0 Å². The zero-order valence-electron chi connectivity index (χ0n) is 18.8. The first-order valence-electron chi connectivity index (χ1n) is 11.0. The van der Waals surface area contributed by atoms with Gasteiger partial charge in [-0.15, -0.1) is 0 Å². The molecule has 3 heterocycles. The standard InChI is InChI=1S/C25H27F2N5O/c1-4-5-6-17(19-14-28-22(9-16(19)3)21-7-8-30-32-21)11-18-13-29-23(10-15(18)2)31-24(33)20-12-25(20,26)27/h5-11,13-14,20,22,28H,4,12H2,1-3H3,(H,30,32)(H,29,31,33)/b6-5+,17-11+. The molecule has 0 spiro atoms. The zero-order valence-corrected chi connectivity index (χ0v) is 18.8. The molecule has 1 fully saturated rings. The highest BCUT2D eigenvalue weighted by Gasteiger charge is 2.61. The molecule has 2 unspecified atom stereocenters. The van der Waals surface area contributed by atoms with Gasteiger partial charge in [0, 0.05) is 30.6 Å². The third-order valence-electron chi connectivity index (χ3n) is 5.81. The monoisotopic (exact) mass is 451 g/mol. The summed E-state index contributed by atoms with van der Waals surface area (Å²) in [6.45, 7) is 6.05. The SMILES string of the molecule is CC/C=C/C(=C\c1cnc(NC(=O)C2CC2(F)F)cc1C)C1=CNC(c2ccn[nH]2)C=C1C. The Morgan fingerprint density at radius 1 is 1.36 bits per heavy atom. The molecule has 1 saturated carbocycles. The molecule has 3 N–H and O–H groups in total. The van der Waals surface area contributed by atoms with Gasteiger partial charge in [-0.1, -0.05) is 25.2 Å². The van der Waals surface area contributed by atoms with Crippen LogP contribution in [0.1, 0.15) is 49.6 Å². The lowest BCUT2D eigenvalue weighted by atomic mass is 9.92. The molecule has 1 amide bonds. The number of aryl methyl sites for hydroxylation is 1. The van der Waals surface area contributed by atoms with E-state index in [1.165, 1.54) is 0 Å². The van der Waals surface area contributed by atoms with E-state index >= 15 is 0 Å². The number of dihydropyridines is 1. The Hall–Kier alpha value is -3.55. The fourth-order valence-electron chi connectivity index (χ4n) is 3.73. The maximum Gasteiger partial charge on any atom is 0.260 e. The van der Waals surface area contributed by atoms with Crippen LogP contribution in [0, 0.1) is 12.8 Å². The molecule has 0 bridgehead atoms. The number of aromatic nitrogens is 3. The molecule has 172 valence electrons. The van der Waals surface area contributed by atoms with Crippen molar-refractivity contribution in [3.63, 3.8) is 0 Å². The Morgan fingerprint density at radius 2 is 2.15 bits per heavy atom. The van der Waals surface area contributed by atoms with Gasteiger partial charge < -0.3 is 10.6 Å². The Labute approximate surface area is 191 Å². The van der Waals surface area contributed by atoms with Crippen molar-refractivity contribution in [2.75, 3.05) is 5.32 Å². The van der Waals surface area contributed by atoms with Gasteiger partial charge in [-0.05, 0) is 60.8 Å². The number of hydrogen-bond donors (Lipinski definition) is 3. The molecule has 8 heteroatoms. The van der Waals surface area contributed by atoms with Gasteiger partial charge in [0.25, 0.3) is 5.92 Å². The van der Waals surface area contributed by atoms with Crippen molar-refractivity contribution < 1.29 is 13.6 Å². The van der Waals surface area contributed by atoms with E-state index in [4.69, 9.17) is 0 Å². The number of carbonyl (C=O) groups is 1. The lowest BCUT2D eigenvalue weighted by Crippen LogP contribution is -2.19. The molecule has 0 saturated heterocycles. The van der Waals surface area contributed by atoms with Gasteiger partial charge in [-0.2, -0.15) is 5.10 Å². The van der Waals surface area contributed by atoms with Crippen LogP contribution in [0.25, 0.3) is 6.08 Å². The Morgan fingerprint density at radius 3 is 2.76 bits per heavy atom. The van der Waals surface area contributed by atoms with Crippen molar-refractivity contribution in [1.29, 1.82) is 0 Å². The summed E-state index contributed by atoms with van der Waals surface area (Å²) in [5, 5.41) is 12.9.